The molecule has 0 aromatic heterocycles. The molecule has 2 atom stereocenters. The highest BCUT2D eigenvalue weighted by molar-refractivity contribution is 7.59. The van der Waals surface area contributed by atoms with Crippen LogP contribution in [0.15, 0.2) is 30.3 Å². The Hall–Kier alpha value is -1.61. The Labute approximate surface area is 196 Å². The Morgan fingerprint density at radius 1 is 1.10 bits per heavy atom. The lowest BCUT2D eigenvalue weighted by Crippen LogP contribution is -2.61. The molecule has 2 amide bonds. The molecule has 2 rings (SSSR count). The zero-order chi connectivity index (χ0) is 21.8. The van der Waals surface area contributed by atoms with Crippen LogP contribution in [0, 0.1) is 11.8 Å². The van der Waals surface area contributed by atoms with Gasteiger partial charge in [-0.15, -0.1) is 0 Å². The van der Waals surface area contributed by atoms with Crippen LogP contribution in [-0.4, -0.2) is 35.3 Å². The van der Waals surface area contributed by atoms with Gasteiger partial charge >= 0.3 is 6.18 Å². The fourth-order valence-electron chi connectivity index (χ4n) is 3.52. The van der Waals surface area contributed by atoms with E-state index in [0.29, 0.717) is 24.4 Å². The van der Waals surface area contributed by atoms with Crippen LogP contribution in [0.3, 0.4) is 0 Å². The molecule has 0 spiro atoms. The predicted molar refractivity (Wildman–Crippen MR) is 128 cm³/mol. The minimum atomic E-state index is -4.39. The van der Waals surface area contributed by atoms with E-state index in [9.17, 15) is 22.8 Å². The maximum absolute atomic E-state index is 12.8. The van der Waals surface area contributed by atoms with Gasteiger partial charge in [0.05, 0.1) is 5.56 Å². The number of rotatable bonds is 6. The quantitative estimate of drug-likeness (QED) is 0.601. The lowest BCUT2D eigenvalue weighted by molar-refractivity contribution is -0.142. The second kappa shape index (κ2) is 12.4. The number of carbonyl (C=O) groups excluding carboxylic acids is 2. The standard InChI is InChI=1S/C22H29F3N2O2.2H2S/c1-14(2)11-18-13-27(19(12-15(3)4)21(29)26-18)20(28)10-7-16-5-8-17(9-6-16)22(23,24)25;;/h5-10,14-15,18-19H,11-13H2,1-4H3,(H,26,29);2*1H2/b10-7+;;/t18-,19-;;/m0../s1. The van der Waals surface area contributed by atoms with Crippen LogP contribution in [0.25, 0.3) is 6.08 Å². The van der Waals surface area contributed by atoms with Crippen molar-refractivity contribution >= 4 is 44.9 Å². The number of hydrogen-bond donors (Lipinski definition) is 1. The zero-order valence-electron chi connectivity index (χ0n) is 18.3. The summed E-state index contributed by atoms with van der Waals surface area (Å²) in [4.78, 5) is 27.0. The molecular formula is C22H33F3N2O2S2. The maximum Gasteiger partial charge on any atom is 0.416 e. The molecule has 1 aromatic carbocycles. The van der Waals surface area contributed by atoms with Crippen LogP contribution in [0.4, 0.5) is 13.2 Å². The lowest BCUT2D eigenvalue weighted by atomic mass is 9.95. The van der Waals surface area contributed by atoms with E-state index >= 15 is 0 Å². The fraction of sp³-hybridized carbons (Fsp3) is 0.545. The first-order valence-corrected chi connectivity index (χ1v) is 9.93. The van der Waals surface area contributed by atoms with Gasteiger partial charge in [-0.25, -0.2) is 0 Å². The normalized spacial score (nSPS) is 19.3. The molecule has 176 valence electrons. The molecule has 1 aliphatic heterocycles. The SMILES string of the molecule is CC(C)C[C@H]1CN(C(=O)/C=C/c2ccc(C(F)(F)F)cc2)[C@@H](CC(C)C)C(=O)N1.S.S. The average molecular weight is 479 g/mol. The van der Waals surface area contributed by atoms with Crippen molar-refractivity contribution in [3.8, 4) is 0 Å². The van der Waals surface area contributed by atoms with Crippen LogP contribution in [0.2, 0.25) is 0 Å². The van der Waals surface area contributed by atoms with Crippen molar-refractivity contribution in [1.82, 2.24) is 10.2 Å². The molecule has 1 saturated heterocycles. The van der Waals surface area contributed by atoms with Gasteiger partial charge in [-0.05, 0) is 48.4 Å². The van der Waals surface area contributed by atoms with Gasteiger partial charge < -0.3 is 10.2 Å². The molecule has 0 radical (unpaired) electrons. The van der Waals surface area contributed by atoms with Gasteiger partial charge in [-0.1, -0.05) is 39.8 Å². The van der Waals surface area contributed by atoms with Gasteiger partial charge in [0.25, 0.3) is 0 Å². The van der Waals surface area contributed by atoms with Gasteiger partial charge in [-0.3, -0.25) is 9.59 Å². The molecule has 1 N–H and O–H groups in total. The topological polar surface area (TPSA) is 49.4 Å². The first-order valence-electron chi connectivity index (χ1n) is 9.93. The number of piperazine rings is 1. The molecule has 4 nitrogen and oxygen atoms in total. The molecule has 1 aliphatic rings. The van der Waals surface area contributed by atoms with Crippen molar-refractivity contribution in [2.24, 2.45) is 11.8 Å². The second-order valence-corrected chi connectivity index (χ2v) is 8.42. The maximum atomic E-state index is 12.8. The molecule has 31 heavy (non-hydrogen) atoms. The van der Waals surface area contributed by atoms with Gasteiger partial charge in [-0.2, -0.15) is 40.2 Å². The number of benzene rings is 1. The summed E-state index contributed by atoms with van der Waals surface area (Å²) in [6, 6.07) is 3.97. The van der Waals surface area contributed by atoms with Crippen LogP contribution in [0.5, 0.6) is 0 Å². The van der Waals surface area contributed by atoms with Crippen molar-refractivity contribution in [3.63, 3.8) is 0 Å². The van der Waals surface area contributed by atoms with Gasteiger partial charge in [0.1, 0.15) is 6.04 Å². The lowest BCUT2D eigenvalue weighted by Gasteiger charge is -2.40. The van der Waals surface area contributed by atoms with Crippen molar-refractivity contribution in [3.05, 3.63) is 41.5 Å². The monoisotopic (exact) mass is 478 g/mol. The molecule has 0 saturated carbocycles. The minimum absolute atomic E-state index is 0. The summed E-state index contributed by atoms with van der Waals surface area (Å²) in [6.07, 6.45) is -0.249. The summed E-state index contributed by atoms with van der Waals surface area (Å²) < 4.78 is 38.0. The summed E-state index contributed by atoms with van der Waals surface area (Å²) in [5.41, 5.74) is -0.242. The average Bonchev–Trinajstić information content (AvgIpc) is 2.60. The number of amides is 2. The Bertz CT molecular complexity index is 750. The van der Waals surface area contributed by atoms with E-state index in [4.69, 9.17) is 0 Å². The third kappa shape index (κ3) is 8.80. The number of hydrogen-bond acceptors (Lipinski definition) is 2. The highest BCUT2D eigenvalue weighted by Gasteiger charge is 2.37. The zero-order valence-corrected chi connectivity index (χ0v) is 20.3. The largest absolute Gasteiger partial charge is 0.416 e. The highest BCUT2D eigenvalue weighted by atomic mass is 32.1. The van der Waals surface area contributed by atoms with Crippen LogP contribution in [0.1, 0.15) is 51.7 Å². The molecule has 1 heterocycles. The Kier molecular flexibility index (Phi) is 11.8. The summed E-state index contributed by atoms with van der Waals surface area (Å²) in [7, 11) is 0. The van der Waals surface area contributed by atoms with E-state index in [2.05, 4.69) is 19.2 Å². The smallest absolute Gasteiger partial charge is 0.350 e. The predicted octanol–water partition coefficient (Wildman–Crippen LogP) is 4.73. The van der Waals surface area contributed by atoms with E-state index in [-0.39, 0.29) is 50.8 Å². The van der Waals surface area contributed by atoms with Gasteiger partial charge in [0, 0.05) is 18.7 Å². The fourth-order valence-corrected chi connectivity index (χ4v) is 3.52. The van der Waals surface area contributed by atoms with E-state index in [1.165, 1.54) is 24.3 Å². The first-order chi connectivity index (χ1) is 13.5. The van der Waals surface area contributed by atoms with E-state index in [0.717, 1.165) is 18.6 Å². The van der Waals surface area contributed by atoms with E-state index in [1.54, 1.807) is 4.90 Å². The third-order valence-corrected chi connectivity index (χ3v) is 4.83. The second-order valence-electron chi connectivity index (χ2n) is 8.42. The molecule has 1 fully saturated rings. The Balaban J connectivity index is 0.00000450. The number of carbonyl (C=O) groups is 2. The molecule has 0 aliphatic carbocycles. The highest BCUT2D eigenvalue weighted by Crippen LogP contribution is 2.29. The molecule has 0 bridgehead atoms. The first kappa shape index (κ1) is 29.4. The Morgan fingerprint density at radius 2 is 1.65 bits per heavy atom. The van der Waals surface area contributed by atoms with Crippen molar-refractivity contribution < 1.29 is 22.8 Å². The number of alkyl halides is 3. The van der Waals surface area contributed by atoms with Gasteiger partial charge in [0.15, 0.2) is 0 Å². The summed E-state index contributed by atoms with van der Waals surface area (Å²) in [5, 5.41) is 3.02. The van der Waals surface area contributed by atoms with Gasteiger partial charge in [0.2, 0.25) is 11.8 Å². The van der Waals surface area contributed by atoms with Crippen LogP contribution < -0.4 is 5.32 Å². The molecule has 0 unspecified atom stereocenters. The summed E-state index contributed by atoms with van der Waals surface area (Å²) in [6.45, 7) is 8.53. The summed E-state index contributed by atoms with van der Waals surface area (Å²) >= 11 is 0. The molecule has 9 heteroatoms. The van der Waals surface area contributed by atoms with Crippen LogP contribution in [-0.2, 0) is 15.8 Å². The Morgan fingerprint density at radius 3 is 2.13 bits per heavy atom. The summed E-state index contributed by atoms with van der Waals surface area (Å²) in [5.74, 6) is 0.161. The molecule has 1 aromatic rings. The number of halogens is 3. The van der Waals surface area contributed by atoms with Crippen LogP contribution >= 0.6 is 27.0 Å². The van der Waals surface area contributed by atoms with Crippen molar-refractivity contribution in [2.45, 2.75) is 58.8 Å². The number of nitrogens with zero attached hydrogens (tertiary/aromatic N) is 1. The van der Waals surface area contributed by atoms with Crippen molar-refractivity contribution in [1.29, 1.82) is 0 Å². The number of nitrogens with one attached hydrogen (secondary N) is 1. The third-order valence-electron chi connectivity index (χ3n) is 4.83. The van der Waals surface area contributed by atoms with Crippen molar-refractivity contribution in [2.75, 3.05) is 6.54 Å². The van der Waals surface area contributed by atoms with E-state index in [1.807, 2.05) is 13.8 Å². The minimum Gasteiger partial charge on any atom is -0.350 e. The molecular weight excluding hydrogens is 445 g/mol. The van der Waals surface area contributed by atoms with E-state index < -0.39 is 17.8 Å².